The van der Waals surface area contributed by atoms with E-state index >= 15 is 0 Å². The Bertz CT molecular complexity index is 1090. The minimum absolute atomic E-state index is 0.0206. The first-order valence-corrected chi connectivity index (χ1v) is 10.7. The molecule has 0 bridgehead atoms. The Morgan fingerprint density at radius 2 is 1.72 bits per heavy atom. The summed E-state index contributed by atoms with van der Waals surface area (Å²) >= 11 is 1.73. The Kier molecular flexibility index (Phi) is 4.87. The minimum Gasteiger partial charge on any atom is -0.505 e. The molecule has 4 aromatic rings. The molecule has 4 heterocycles. The summed E-state index contributed by atoms with van der Waals surface area (Å²) in [6.45, 7) is 3.62. The van der Waals surface area contributed by atoms with Crippen molar-refractivity contribution in [3.8, 4) is 5.75 Å². The summed E-state index contributed by atoms with van der Waals surface area (Å²) in [6.07, 6.45) is 3.58. The highest BCUT2D eigenvalue weighted by atomic mass is 32.1. The molecule has 0 amide bonds. The molecular weight excluding hydrogens is 380 g/mol. The molecule has 29 heavy (non-hydrogen) atoms. The van der Waals surface area contributed by atoms with E-state index in [-0.39, 0.29) is 11.8 Å². The van der Waals surface area contributed by atoms with Crippen molar-refractivity contribution in [1.82, 2.24) is 14.9 Å². The Morgan fingerprint density at radius 3 is 2.48 bits per heavy atom. The zero-order valence-corrected chi connectivity index (χ0v) is 16.8. The molecule has 0 saturated carbocycles. The topological polar surface area (TPSA) is 52.5 Å². The third kappa shape index (κ3) is 3.45. The monoisotopic (exact) mass is 402 g/mol. The summed E-state index contributed by atoms with van der Waals surface area (Å²) in [5.74, 6) is 1.31. The molecule has 0 unspecified atom stereocenters. The van der Waals surface area contributed by atoms with Crippen molar-refractivity contribution in [2.24, 2.45) is 0 Å². The summed E-state index contributed by atoms with van der Waals surface area (Å²) in [4.78, 5) is 14.9. The van der Waals surface area contributed by atoms with Gasteiger partial charge in [-0.3, -0.25) is 9.88 Å². The molecule has 6 heteroatoms. The van der Waals surface area contributed by atoms with Crippen molar-refractivity contribution in [2.75, 3.05) is 31.1 Å². The molecule has 1 fully saturated rings. The maximum Gasteiger partial charge on any atom is 0.146 e. The van der Waals surface area contributed by atoms with Crippen molar-refractivity contribution >= 4 is 28.1 Å². The summed E-state index contributed by atoms with van der Waals surface area (Å²) in [7, 11) is 0. The summed E-state index contributed by atoms with van der Waals surface area (Å²) in [5, 5.41) is 14.1. The van der Waals surface area contributed by atoms with E-state index in [1.165, 1.54) is 4.88 Å². The molecule has 1 aliphatic rings. The Morgan fingerprint density at radius 1 is 0.862 bits per heavy atom. The van der Waals surface area contributed by atoms with Gasteiger partial charge in [-0.2, -0.15) is 0 Å². The average molecular weight is 403 g/mol. The highest BCUT2D eigenvalue weighted by Gasteiger charge is 2.30. The highest BCUT2D eigenvalue weighted by molar-refractivity contribution is 7.10. The highest BCUT2D eigenvalue weighted by Crippen LogP contribution is 2.39. The zero-order chi connectivity index (χ0) is 19.6. The smallest absolute Gasteiger partial charge is 0.146 e. The number of phenols is 1. The van der Waals surface area contributed by atoms with Crippen LogP contribution in [0.3, 0.4) is 0 Å². The van der Waals surface area contributed by atoms with Gasteiger partial charge in [0.1, 0.15) is 17.1 Å². The molecule has 5 rings (SSSR count). The normalized spacial score (nSPS) is 16.2. The van der Waals surface area contributed by atoms with Gasteiger partial charge in [0.05, 0.1) is 6.04 Å². The molecule has 0 spiro atoms. The number of pyridine rings is 2. The van der Waals surface area contributed by atoms with Crippen LogP contribution in [0.2, 0.25) is 0 Å². The van der Waals surface area contributed by atoms with Gasteiger partial charge in [0.15, 0.2) is 0 Å². The lowest BCUT2D eigenvalue weighted by atomic mass is 9.99. The standard InChI is InChI=1S/C23H22N4OS/c28-23-18(9-8-17-5-3-11-25-21(17)23)22(19-6-4-16-29-19)27-14-12-26(13-15-27)20-7-1-2-10-24-20/h1-11,16,22,28H,12-15H2/t22-/m0/s1. The molecular formula is C23H22N4OS. The maximum absolute atomic E-state index is 11.1. The molecule has 3 aromatic heterocycles. The van der Waals surface area contributed by atoms with Crippen LogP contribution in [0.5, 0.6) is 5.75 Å². The molecule has 1 atom stereocenters. The zero-order valence-electron chi connectivity index (χ0n) is 16.0. The van der Waals surface area contributed by atoms with E-state index in [2.05, 4.69) is 55.5 Å². The molecule has 0 aliphatic carbocycles. The first kappa shape index (κ1) is 18.1. The maximum atomic E-state index is 11.1. The number of thiophene rings is 1. The summed E-state index contributed by atoms with van der Waals surface area (Å²) < 4.78 is 0. The molecule has 146 valence electrons. The number of benzene rings is 1. The fourth-order valence-corrected chi connectivity index (χ4v) is 4.97. The number of phenolic OH excluding ortho intramolecular Hbond substituents is 1. The van der Waals surface area contributed by atoms with Gasteiger partial charge in [-0.25, -0.2) is 4.98 Å². The summed E-state index contributed by atoms with van der Waals surface area (Å²) in [5.41, 5.74) is 1.59. The fraction of sp³-hybridized carbons (Fsp3) is 0.217. The van der Waals surface area contributed by atoms with Gasteiger partial charge >= 0.3 is 0 Å². The minimum atomic E-state index is 0.0206. The molecule has 1 aliphatic heterocycles. The number of fused-ring (bicyclic) bond motifs is 1. The number of hydrogen-bond donors (Lipinski definition) is 1. The molecule has 1 N–H and O–H groups in total. The van der Waals surface area contributed by atoms with Crippen LogP contribution in [-0.4, -0.2) is 46.2 Å². The molecule has 0 radical (unpaired) electrons. The number of hydrogen-bond acceptors (Lipinski definition) is 6. The molecule has 1 aromatic carbocycles. The lowest BCUT2D eigenvalue weighted by Crippen LogP contribution is -2.48. The van der Waals surface area contributed by atoms with Crippen molar-refractivity contribution < 1.29 is 5.11 Å². The van der Waals surface area contributed by atoms with Crippen molar-refractivity contribution in [2.45, 2.75) is 6.04 Å². The Hall–Kier alpha value is -2.96. The van der Waals surface area contributed by atoms with Crippen molar-refractivity contribution in [1.29, 1.82) is 0 Å². The van der Waals surface area contributed by atoms with Crippen molar-refractivity contribution in [3.05, 3.63) is 82.8 Å². The second kappa shape index (κ2) is 7.81. The van der Waals surface area contributed by atoms with Crippen LogP contribution >= 0.6 is 11.3 Å². The molecule has 1 saturated heterocycles. The van der Waals surface area contributed by atoms with E-state index in [9.17, 15) is 5.11 Å². The van der Waals surface area contributed by atoms with Crippen LogP contribution in [0.4, 0.5) is 5.82 Å². The van der Waals surface area contributed by atoms with Crippen LogP contribution in [0.15, 0.2) is 72.4 Å². The van der Waals surface area contributed by atoms with Gasteiger partial charge in [-0.15, -0.1) is 11.3 Å². The average Bonchev–Trinajstić information content (AvgIpc) is 3.31. The number of aromatic hydroxyl groups is 1. The predicted octanol–water partition coefficient (Wildman–Crippen LogP) is 4.31. The number of piperazine rings is 1. The van der Waals surface area contributed by atoms with E-state index in [4.69, 9.17) is 0 Å². The second-order valence-corrected chi connectivity index (χ2v) is 8.19. The summed E-state index contributed by atoms with van der Waals surface area (Å²) in [6, 6.07) is 18.3. The third-order valence-corrected chi connectivity index (χ3v) is 6.46. The van der Waals surface area contributed by atoms with Crippen LogP contribution in [0.1, 0.15) is 16.5 Å². The van der Waals surface area contributed by atoms with Gasteiger partial charge in [-0.1, -0.05) is 30.3 Å². The van der Waals surface area contributed by atoms with E-state index in [0.717, 1.165) is 42.9 Å². The quantitative estimate of drug-likeness (QED) is 0.551. The lowest BCUT2D eigenvalue weighted by molar-refractivity contribution is 0.211. The van der Waals surface area contributed by atoms with Gasteiger partial charge in [0.25, 0.3) is 0 Å². The Labute approximate surface area is 173 Å². The van der Waals surface area contributed by atoms with E-state index in [0.29, 0.717) is 5.52 Å². The second-order valence-electron chi connectivity index (χ2n) is 7.21. The van der Waals surface area contributed by atoms with Crippen molar-refractivity contribution in [3.63, 3.8) is 0 Å². The third-order valence-electron chi connectivity index (χ3n) is 5.54. The van der Waals surface area contributed by atoms with Crippen LogP contribution in [-0.2, 0) is 0 Å². The van der Waals surface area contributed by atoms with Gasteiger partial charge in [0.2, 0.25) is 0 Å². The van der Waals surface area contributed by atoms with Crippen LogP contribution in [0, 0.1) is 0 Å². The molecule has 5 nitrogen and oxygen atoms in total. The van der Waals surface area contributed by atoms with E-state index < -0.39 is 0 Å². The van der Waals surface area contributed by atoms with Gasteiger partial charge < -0.3 is 10.0 Å². The largest absolute Gasteiger partial charge is 0.505 e. The fourth-order valence-electron chi connectivity index (χ4n) is 4.09. The number of rotatable bonds is 4. The number of anilines is 1. The van der Waals surface area contributed by atoms with Crippen LogP contribution < -0.4 is 4.90 Å². The predicted molar refractivity (Wildman–Crippen MR) is 118 cm³/mol. The van der Waals surface area contributed by atoms with Gasteiger partial charge in [0, 0.05) is 54.4 Å². The number of nitrogens with zero attached hydrogens (tertiary/aromatic N) is 4. The SMILES string of the molecule is Oc1c([C@@H](c2cccs2)N2CCN(c3ccccn3)CC2)ccc2cccnc12. The first-order valence-electron chi connectivity index (χ1n) is 9.81. The first-order chi connectivity index (χ1) is 14.3. The Balaban J connectivity index is 1.47. The lowest BCUT2D eigenvalue weighted by Gasteiger charge is -2.39. The van der Waals surface area contributed by atoms with Gasteiger partial charge in [-0.05, 0) is 29.6 Å². The van der Waals surface area contributed by atoms with Crippen LogP contribution in [0.25, 0.3) is 10.9 Å². The number of aromatic nitrogens is 2. The van der Waals surface area contributed by atoms with E-state index in [1.807, 2.05) is 30.5 Å². The van der Waals surface area contributed by atoms with E-state index in [1.54, 1.807) is 17.5 Å².